The molecule has 0 aromatic heterocycles. The molecule has 0 rings (SSSR count). The molecule has 0 aromatic carbocycles. The van der Waals surface area contributed by atoms with Crippen LogP contribution in [-0.4, -0.2) is 23.6 Å². The topological polar surface area (TPSA) is 26.3 Å². The second-order valence-corrected chi connectivity index (χ2v) is 4.00. The van der Waals surface area contributed by atoms with Crippen molar-refractivity contribution in [3.8, 4) is 0 Å². The Kier molecular flexibility index (Phi) is 4.77. The molecule has 1 atom stereocenters. The molecule has 0 saturated heterocycles. The first-order chi connectivity index (χ1) is 5.10. The van der Waals surface area contributed by atoms with Crippen molar-refractivity contribution in [3.05, 3.63) is 0 Å². The van der Waals surface area contributed by atoms with Crippen LogP contribution in [0.25, 0.3) is 0 Å². The van der Waals surface area contributed by atoms with Crippen molar-refractivity contribution in [1.29, 1.82) is 0 Å². The predicted molar refractivity (Wildman–Crippen MR) is 48.8 cm³/mol. The van der Waals surface area contributed by atoms with Gasteiger partial charge in [-0.25, -0.2) is 0 Å². The minimum Gasteiger partial charge on any atom is -0.360 e. The summed E-state index contributed by atoms with van der Waals surface area (Å²) in [5, 5.41) is 0. The van der Waals surface area contributed by atoms with E-state index in [2.05, 4.69) is 0 Å². The standard InChI is InChI=1S/C8H16O2S/c1-5-7(9)8(3,10-4)11-6-2/h5-6H2,1-4H3. The van der Waals surface area contributed by atoms with Gasteiger partial charge in [0.05, 0.1) is 0 Å². The number of Topliss-reactive ketones (excluding diaryl/α,β-unsaturated/α-hetero) is 1. The van der Waals surface area contributed by atoms with Crippen LogP contribution in [0.3, 0.4) is 0 Å². The summed E-state index contributed by atoms with van der Waals surface area (Å²) in [6.07, 6.45) is 0.539. The molecule has 0 aromatic rings. The zero-order valence-corrected chi connectivity index (χ0v) is 8.46. The fourth-order valence-electron chi connectivity index (χ4n) is 0.850. The summed E-state index contributed by atoms with van der Waals surface area (Å²) in [7, 11) is 1.58. The smallest absolute Gasteiger partial charge is 0.174 e. The summed E-state index contributed by atoms with van der Waals surface area (Å²) in [6, 6.07) is 0. The highest BCUT2D eigenvalue weighted by molar-refractivity contribution is 8.01. The number of hydrogen-bond donors (Lipinski definition) is 0. The van der Waals surface area contributed by atoms with E-state index in [0.717, 1.165) is 5.75 Å². The Morgan fingerprint density at radius 1 is 1.55 bits per heavy atom. The van der Waals surface area contributed by atoms with Gasteiger partial charge in [-0.1, -0.05) is 13.8 Å². The summed E-state index contributed by atoms with van der Waals surface area (Å²) in [6.45, 7) is 5.70. The lowest BCUT2D eigenvalue weighted by Gasteiger charge is -2.24. The molecule has 0 bridgehead atoms. The first kappa shape index (κ1) is 11.0. The van der Waals surface area contributed by atoms with Gasteiger partial charge in [0.2, 0.25) is 0 Å². The molecule has 1 unspecified atom stereocenters. The fourth-order valence-corrected chi connectivity index (χ4v) is 1.82. The first-order valence-corrected chi connectivity index (χ1v) is 4.81. The molecular weight excluding hydrogens is 160 g/mol. The maximum absolute atomic E-state index is 11.3. The molecule has 3 heteroatoms. The summed E-state index contributed by atoms with van der Waals surface area (Å²) in [4.78, 5) is 10.7. The molecule has 0 fully saturated rings. The lowest BCUT2D eigenvalue weighted by Crippen LogP contribution is -2.33. The van der Waals surface area contributed by atoms with Gasteiger partial charge in [0.1, 0.15) is 0 Å². The maximum Gasteiger partial charge on any atom is 0.174 e. The van der Waals surface area contributed by atoms with Gasteiger partial charge in [-0.3, -0.25) is 4.79 Å². The Morgan fingerprint density at radius 2 is 2.09 bits per heavy atom. The molecular formula is C8H16O2S. The van der Waals surface area contributed by atoms with E-state index in [1.807, 2.05) is 20.8 Å². The van der Waals surface area contributed by atoms with E-state index in [1.54, 1.807) is 7.11 Å². The van der Waals surface area contributed by atoms with Gasteiger partial charge in [-0.2, -0.15) is 0 Å². The van der Waals surface area contributed by atoms with E-state index in [4.69, 9.17) is 4.74 Å². The number of methoxy groups -OCH3 is 1. The summed E-state index contributed by atoms with van der Waals surface area (Å²) < 4.78 is 5.14. The molecule has 0 saturated carbocycles. The van der Waals surface area contributed by atoms with Crippen molar-refractivity contribution in [3.63, 3.8) is 0 Å². The minimum atomic E-state index is -0.622. The van der Waals surface area contributed by atoms with Gasteiger partial charge in [0.15, 0.2) is 10.7 Å². The van der Waals surface area contributed by atoms with E-state index in [9.17, 15) is 4.79 Å². The summed E-state index contributed by atoms with van der Waals surface area (Å²) in [5.74, 6) is 1.06. The lowest BCUT2D eigenvalue weighted by atomic mass is 10.2. The first-order valence-electron chi connectivity index (χ1n) is 3.83. The lowest BCUT2D eigenvalue weighted by molar-refractivity contribution is -0.130. The van der Waals surface area contributed by atoms with Crippen LogP contribution in [0.1, 0.15) is 27.2 Å². The van der Waals surface area contributed by atoms with Crippen LogP contribution in [0.4, 0.5) is 0 Å². The quantitative estimate of drug-likeness (QED) is 0.600. The molecule has 0 amide bonds. The molecule has 0 aliphatic heterocycles. The highest BCUT2D eigenvalue weighted by Gasteiger charge is 2.30. The number of ketones is 1. The number of thioether (sulfide) groups is 1. The van der Waals surface area contributed by atoms with Crippen molar-refractivity contribution in [2.75, 3.05) is 12.9 Å². The number of carbonyl (C=O) groups excluding carboxylic acids is 1. The van der Waals surface area contributed by atoms with Gasteiger partial charge in [-0.15, -0.1) is 11.8 Å². The monoisotopic (exact) mass is 176 g/mol. The molecule has 0 spiro atoms. The van der Waals surface area contributed by atoms with Crippen molar-refractivity contribution in [2.45, 2.75) is 32.1 Å². The molecule has 11 heavy (non-hydrogen) atoms. The molecule has 0 N–H and O–H groups in total. The van der Waals surface area contributed by atoms with E-state index in [0.29, 0.717) is 6.42 Å². The summed E-state index contributed by atoms with van der Waals surface area (Å²) >= 11 is 1.54. The third-order valence-electron chi connectivity index (χ3n) is 1.64. The third-order valence-corrected chi connectivity index (χ3v) is 2.87. The van der Waals surface area contributed by atoms with Crippen LogP contribution in [0, 0.1) is 0 Å². The minimum absolute atomic E-state index is 0.159. The normalized spacial score (nSPS) is 16.0. The molecule has 0 radical (unpaired) electrons. The van der Waals surface area contributed by atoms with Crippen molar-refractivity contribution in [2.24, 2.45) is 0 Å². The van der Waals surface area contributed by atoms with Crippen LogP contribution in [0.2, 0.25) is 0 Å². The van der Waals surface area contributed by atoms with Crippen molar-refractivity contribution >= 4 is 17.5 Å². The molecule has 2 nitrogen and oxygen atoms in total. The Morgan fingerprint density at radius 3 is 2.36 bits per heavy atom. The number of hydrogen-bond acceptors (Lipinski definition) is 3. The second-order valence-electron chi connectivity index (χ2n) is 2.36. The zero-order valence-electron chi connectivity index (χ0n) is 7.64. The van der Waals surface area contributed by atoms with E-state index >= 15 is 0 Å². The van der Waals surface area contributed by atoms with Crippen molar-refractivity contribution < 1.29 is 9.53 Å². The Balaban J connectivity index is 4.19. The summed E-state index contributed by atoms with van der Waals surface area (Å²) in [5.41, 5.74) is 0. The van der Waals surface area contributed by atoms with Gasteiger partial charge < -0.3 is 4.74 Å². The highest BCUT2D eigenvalue weighted by Crippen LogP contribution is 2.27. The van der Waals surface area contributed by atoms with E-state index < -0.39 is 4.93 Å². The molecule has 66 valence electrons. The Labute approximate surface area is 72.7 Å². The predicted octanol–water partition coefficient (Wildman–Crippen LogP) is 2.08. The number of rotatable bonds is 5. The Hall–Kier alpha value is -0.0200. The molecule has 0 aliphatic carbocycles. The largest absolute Gasteiger partial charge is 0.360 e. The highest BCUT2D eigenvalue weighted by atomic mass is 32.2. The number of ether oxygens (including phenoxy) is 1. The van der Waals surface area contributed by atoms with Crippen LogP contribution >= 0.6 is 11.8 Å². The van der Waals surface area contributed by atoms with Gasteiger partial charge in [-0.05, 0) is 12.7 Å². The van der Waals surface area contributed by atoms with Crippen LogP contribution in [0.15, 0.2) is 0 Å². The van der Waals surface area contributed by atoms with Crippen LogP contribution in [-0.2, 0) is 9.53 Å². The van der Waals surface area contributed by atoms with Crippen molar-refractivity contribution in [1.82, 2.24) is 0 Å². The third kappa shape index (κ3) is 2.83. The number of carbonyl (C=O) groups is 1. The van der Waals surface area contributed by atoms with Gasteiger partial charge in [0.25, 0.3) is 0 Å². The van der Waals surface area contributed by atoms with Gasteiger partial charge in [0, 0.05) is 13.5 Å². The van der Waals surface area contributed by atoms with Crippen LogP contribution in [0.5, 0.6) is 0 Å². The molecule has 0 heterocycles. The average Bonchev–Trinajstić information content (AvgIpc) is 2.03. The average molecular weight is 176 g/mol. The zero-order chi connectivity index (χ0) is 8.91. The van der Waals surface area contributed by atoms with E-state index in [-0.39, 0.29) is 5.78 Å². The maximum atomic E-state index is 11.3. The van der Waals surface area contributed by atoms with Gasteiger partial charge >= 0.3 is 0 Å². The molecule has 0 aliphatic rings. The van der Waals surface area contributed by atoms with Crippen LogP contribution < -0.4 is 0 Å². The SMILES string of the molecule is CCSC(C)(OC)C(=O)CC. The van der Waals surface area contributed by atoms with E-state index in [1.165, 1.54) is 11.8 Å². The Bertz CT molecular complexity index is 136. The fraction of sp³-hybridized carbons (Fsp3) is 0.875. The second kappa shape index (κ2) is 4.78.